The molecule has 0 spiro atoms. The van der Waals surface area contributed by atoms with Gasteiger partial charge in [-0.2, -0.15) is 0 Å². The maximum absolute atomic E-state index is 6.45. The summed E-state index contributed by atoms with van der Waals surface area (Å²) in [6.07, 6.45) is 6.59. The molecule has 5 nitrogen and oxygen atoms in total. The lowest BCUT2D eigenvalue weighted by atomic mass is 10.2. The lowest BCUT2D eigenvalue weighted by molar-refractivity contribution is 0.284. The minimum absolute atomic E-state index is 0.321. The smallest absolute Gasteiger partial charge is 0.180 e. The number of halogens is 2. The van der Waals surface area contributed by atoms with Crippen LogP contribution in [0.3, 0.4) is 0 Å². The highest BCUT2D eigenvalue weighted by Crippen LogP contribution is 2.37. The second kappa shape index (κ2) is 10.4. The largest absolute Gasteiger partial charge is 0.493 e. The van der Waals surface area contributed by atoms with Crippen LogP contribution in [0.25, 0.3) is 0 Å². The zero-order valence-electron chi connectivity index (χ0n) is 15.7. The van der Waals surface area contributed by atoms with Crippen molar-refractivity contribution in [3.8, 4) is 11.5 Å². The van der Waals surface area contributed by atoms with Crippen LogP contribution in [0.2, 0.25) is 10.0 Å². The van der Waals surface area contributed by atoms with Crippen LogP contribution in [-0.4, -0.2) is 23.2 Å². The fourth-order valence-electron chi connectivity index (χ4n) is 2.82. The lowest BCUT2D eigenvalue weighted by Gasteiger charge is -2.15. The monoisotopic (exact) mass is 419 g/mol. The quantitative estimate of drug-likeness (QED) is 0.471. The van der Waals surface area contributed by atoms with Crippen molar-refractivity contribution in [2.45, 2.75) is 26.1 Å². The van der Waals surface area contributed by atoms with Crippen LogP contribution in [0.1, 0.15) is 17.5 Å². The number of nitrogens with zero attached hydrogens (tertiary/aromatic N) is 2. The molecular weight excluding hydrogens is 397 g/mol. The summed E-state index contributed by atoms with van der Waals surface area (Å²) in [6.45, 7) is 2.85. The van der Waals surface area contributed by atoms with Gasteiger partial charge in [0.2, 0.25) is 0 Å². The Hall–Kier alpha value is -2.21. The van der Waals surface area contributed by atoms with Gasteiger partial charge in [0, 0.05) is 36.1 Å². The molecule has 0 unspecified atom stereocenters. The highest BCUT2D eigenvalue weighted by atomic mass is 35.5. The summed E-state index contributed by atoms with van der Waals surface area (Å²) in [5.41, 5.74) is 1.93. The zero-order chi connectivity index (χ0) is 19.8. The second-order valence-electron chi connectivity index (χ2n) is 6.32. The summed E-state index contributed by atoms with van der Waals surface area (Å²) in [5.74, 6) is 1.13. The number of aromatic nitrogens is 2. The Morgan fingerprint density at radius 1 is 1.14 bits per heavy atom. The van der Waals surface area contributed by atoms with Crippen LogP contribution in [-0.2, 0) is 19.7 Å². The van der Waals surface area contributed by atoms with Crippen LogP contribution < -0.4 is 14.8 Å². The molecule has 3 aromatic rings. The number of hydrogen-bond acceptors (Lipinski definition) is 4. The first kappa shape index (κ1) is 20.5. The van der Waals surface area contributed by atoms with Gasteiger partial charge < -0.3 is 19.4 Å². The molecule has 1 aromatic heterocycles. The van der Waals surface area contributed by atoms with Crippen LogP contribution in [0.4, 0.5) is 0 Å². The van der Waals surface area contributed by atoms with Crippen LogP contribution in [0, 0.1) is 0 Å². The van der Waals surface area contributed by atoms with E-state index in [0.717, 1.165) is 30.6 Å². The first-order valence-electron chi connectivity index (χ1n) is 9.06. The molecule has 0 fully saturated rings. The molecule has 3 rings (SSSR count). The third-order valence-corrected chi connectivity index (χ3v) is 4.93. The van der Waals surface area contributed by atoms with E-state index in [2.05, 4.69) is 14.9 Å². The van der Waals surface area contributed by atoms with Gasteiger partial charge in [0.1, 0.15) is 6.61 Å². The first-order chi connectivity index (χ1) is 13.7. The Balaban J connectivity index is 1.55. The van der Waals surface area contributed by atoms with E-state index in [-0.39, 0.29) is 0 Å². The molecule has 0 aliphatic heterocycles. The van der Waals surface area contributed by atoms with Gasteiger partial charge in [-0.1, -0.05) is 41.4 Å². The molecule has 1 heterocycles. The minimum Gasteiger partial charge on any atom is -0.493 e. The molecule has 0 aliphatic rings. The van der Waals surface area contributed by atoms with E-state index < -0.39 is 0 Å². The SMILES string of the molecule is COc1cc(CNCCCn2ccnc2)cc(Cl)c1OCc1ccccc1Cl. The van der Waals surface area contributed by atoms with Crippen molar-refractivity contribution in [2.24, 2.45) is 0 Å². The highest BCUT2D eigenvalue weighted by Gasteiger charge is 2.13. The standard InChI is InChI=1S/C21H23Cl2N3O2/c1-27-20-12-16(13-24-7-4-9-26-10-8-25-15-26)11-19(23)21(20)28-14-17-5-2-3-6-18(17)22/h2-3,5-6,8,10-12,15,24H,4,7,9,13-14H2,1H3. The summed E-state index contributed by atoms with van der Waals surface area (Å²) in [5, 5.41) is 4.60. The van der Waals surface area contributed by atoms with Gasteiger partial charge in [0.25, 0.3) is 0 Å². The van der Waals surface area contributed by atoms with E-state index in [1.807, 2.05) is 48.9 Å². The fourth-order valence-corrected chi connectivity index (χ4v) is 3.30. The molecule has 7 heteroatoms. The summed E-state index contributed by atoms with van der Waals surface area (Å²) < 4.78 is 13.4. The molecule has 0 saturated heterocycles. The van der Waals surface area contributed by atoms with Crippen molar-refractivity contribution in [1.82, 2.24) is 14.9 Å². The Labute approximate surface area is 175 Å². The number of benzene rings is 2. The number of ether oxygens (including phenoxy) is 2. The second-order valence-corrected chi connectivity index (χ2v) is 7.13. The molecule has 0 bridgehead atoms. The Bertz CT molecular complexity index is 885. The average molecular weight is 420 g/mol. The summed E-state index contributed by atoms with van der Waals surface area (Å²) >= 11 is 12.6. The van der Waals surface area contributed by atoms with E-state index in [4.69, 9.17) is 32.7 Å². The number of nitrogens with one attached hydrogen (secondary N) is 1. The molecule has 28 heavy (non-hydrogen) atoms. The van der Waals surface area contributed by atoms with E-state index in [9.17, 15) is 0 Å². The number of hydrogen-bond donors (Lipinski definition) is 1. The first-order valence-corrected chi connectivity index (χ1v) is 9.82. The van der Waals surface area contributed by atoms with Gasteiger partial charge in [0.15, 0.2) is 11.5 Å². The number of aryl methyl sites for hydroxylation is 1. The Morgan fingerprint density at radius 3 is 2.75 bits per heavy atom. The van der Waals surface area contributed by atoms with Crippen molar-refractivity contribution in [3.05, 3.63) is 76.3 Å². The maximum atomic E-state index is 6.45. The molecule has 0 saturated carbocycles. The van der Waals surface area contributed by atoms with Crippen LogP contribution in [0.5, 0.6) is 11.5 Å². The van der Waals surface area contributed by atoms with Gasteiger partial charge in [0.05, 0.1) is 18.5 Å². The molecule has 0 amide bonds. The molecule has 0 radical (unpaired) electrons. The van der Waals surface area contributed by atoms with E-state index >= 15 is 0 Å². The summed E-state index contributed by atoms with van der Waals surface area (Å²) in [4.78, 5) is 4.04. The van der Waals surface area contributed by atoms with Gasteiger partial charge in [-0.15, -0.1) is 0 Å². The molecule has 0 atom stereocenters. The van der Waals surface area contributed by atoms with E-state index in [1.54, 1.807) is 13.3 Å². The molecule has 2 aromatic carbocycles. The van der Waals surface area contributed by atoms with E-state index in [1.165, 1.54) is 0 Å². The minimum atomic E-state index is 0.321. The summed E-state index contributed by atoms with van der Waals surface area (Å²) in [6, 6.07) is 11.4. The third-order valence-electron chi connectivity index (χ3n) is 4.28. The highest BCUT2D eigenvalue weighted by molar-refractivity contribution is 6.32. The van der Waals surface area contributed by atoms with Gasteiger partial charge in [-0.05, 0) is 36.7 Å². The Kier molecular flexibility index (Phi) is 7.60. The lowest BCUT2D eigenvalue weighted by Crippen LogP contribution is -2.16. The van der Waals surface area contributed by atoms with Crippen LogP contribution >= 0.6 is 23.2 Å². The Morgan fingerprint density at radius 2 is 2.00 bits per heavy atom. The van der Waals surface area contributed by atoms with Crippen LogP contribution in [0.15, 0.2) is 55.1 Å². The average Bonchev–Trinajstić information content (AvgIpc) is 3.21. The molecular formula is C21H23Cl2N3O2. The van der Waals surface area contributed by atoms with Gasteiger partial charge in [-0.25, -0.2) is 4.98 Å². The molecule has 0 aliphatic carbocycles. The molecule has 148 valence electrons. The predicted octanol–water partition coefficient (Wildman–Crippen LogP) is 4.96. The van der Waals surface area contributed by atoms with Crippen molar-refractivity contribution in [3.63, 3.8) is 0 Å². The van der Waals surface area contributed by atoms with Crippen molar-refractivity contribution in [2.75, 3.05) is 13.7 Å². The summed E-state index contributed by atoms with van der Waals surface area (Å²) in [7, 11) is 1.61. The van der Waals surface area contributed by atoms with Crippen molar-refractivity contribution >= 4 is 23.2 Å². The predicted molar refractivity (Wildman–Crippen MR) is 112 cm³/mol. The topological polar surface area (TPSA) is 48.3 Å². The molecule has 1 N–H and O–H groups in total. The third kappa shape index (κ3) is 5.64. The number of rotatable bonds is 10. The normalized spacial score (nSPS) is 10.8. The van der Waals surface area contributed by atoms with E-state index in [0.29, 0.717) is 34.7 Å². The van der Waals surface area contributed by atoms with Crippen molar-refractivity contribution < 1.29 is 9.47 Å². The fraction of sp³-hybridized carbons (Fsp3) is 0.286. The van der Waals surface area contributed by atoms with Gasteiger partial charge >= 0.3 is 0 Å². The zero-order valence-corrected chi connectivity index (χ0v) is 17.2. The maximum Gasteiger partial charge on any atom is 0.180 e. The van der Waals surface area contributed by atoms with Gasteiger partial charge in [-0.3, -0.25) is 0 Å². The van der Waals surface area contributed by atoms with Crippen molar-refractivity contribution in [1.29, 1.82) is 0 Å². The number of methoxy groups -OCH3 is 1. The number of imidazole rings is 1.